The maximum atomic E-state index is 6.16. The van der Waals surface area contributed by atoms with Gasteiger partial charge in [-0.2, -0.15) is 0 Å². The number of benzene rings is 1. The van der Waals surface area contributed by atoms with E-state index in [2.05, 4.69) is 50.4 Å². The van der Waals surface area contributed by atoms with Crippen LogP contribution >= 0.6 is 0 Å². The van der Waals surface area contributed by atoms with Crippen molar-refractivity contribution in [2.75, 3.05) is 6.54 Å². The van der Waals surface area contributed by atoms with Crippen molar-refractivity contribution < 1.29 is 4.74 Å². The Morgan fingerprint density at radius 3 is 2.45 bits per heavy atom. The number of nitrogens with one attached hydrogen (secondary N) is 1. The Morgan fingerprint density at radius 1 is 1.15 bits per heavy atom. The second-order valence-corrected chi connectivity index (χ2v) is 6.72. The molecule has 1 aromatic rings. The zero-order chi connectivity index (χ0) is 14.4. The van der Waals surface area contributed by atoms with Crippen LogP contribution in [0.5, 0.6) is 0 Å². The predicted octanol–water partition coefficient (Wildman–Crippen LogP) is 4.28. The number of hydrogen-bond acceptors (Lipinski definition) is 2. The van der Waals surface area contributed by atoms with Crippen LogP contribution in [-0.4, -0.2) is 12.6 Å². The Balaban J connectivity index is 1.85. The summed E-state index contributed by atoms with van der Waals surface area (Å²) < 4.78 is 6.16. The monoisotopic (exact) mass is 275 g/mol. The molecule has 2 heteroatoms. The Hall–Kier alpha value is -0.860. The second-order valence-electron chi connectivity index (χ2n) is 6.72. The van der Waals surface area contributed by atoms with Crippen molar-refractivity contribution in [2.24, 2.45) is 5.41 Å². The van der Waals surface area contributed by atoms with Crippen LogP contribution in [-0.2, 0) is 17.9 Å². The summed E-state index contributed by atoms with van der Waals surface area (Å²) in [5.74, 6) is 0. The first-order valence-electron chi connectivity index (χ1n) is 8.00. The first-order chi connectivity index (χ1) is 9.61. The molecule has 1 fully saturated rings. The summed E-state index contributed by atoms with van der Waals surface area (Å²) in [4.78, 5) is 0. The minimum Gasteiger partial charge on any atom is -0.374 e. The van der Waals surface area contributed by atoms with Crippen LogP contribution in [0.15, 0.2) is 24.3 Å². The topological polar surface area (TPSA) is 21.3 Å². The molecule has 0 spiro atoms. The van der Waals surface area contributed by atoms with Crippen molar-refractivity contribution in [2.45, 2.75) is 65.7 Å². The SMILES string of the molecule is CCNCc1ccccc1COC1CCC(C)(C)CC1. The van der Waals surface area contributed by atoms with Gasteiger partial charge in [-0.25, -0.2) is 0 Å². The quantitative estimate of drug-likeness (QED) is 0.836. The average molecular weight is 275 g/mol. The lowest BCUT2D eigenvalue weighted by atomic mass is 9.76. The van der Waals surface area contributed by atoms with Gasteiger partial charge in [-0.3, -0.25) is 0 Å². The van der Waals surface area contributed by atoms with E-state index >= 15 is 0 Å². The van der Waals surface area contributed by atoms with E-state index in [-0.39, 0.29) is 0 Å². The molecule has 1 aliphatic carbocycles. The fraction of sp³-hybridized carbons (Fsp3) is 0.667. The molecule has 1 saturated carbocycles. The summed E-state index contributed by atoms with van der Waals surface area (Å²) >= 11 is 0. The molecular weight excluding hydrogens is 246 g/mol. The van der Waals surface area contributed by atoms with Crippen LogP contribution in [0.1, 0.15) is 57.6 Å². The van der Waals surface area contributed by atoms with Crippen molar-refractivity contribution >= 4 is 0 Å². The summed E-state index contributed by atoms with van der Waals surface area (Å²) in [6, 6.07) is 8.61. The van der Waals surface area contributed by atoms with E-state index in [0.717, 1.165) is 19.7 Å². The first-order valence-corrected chi connectivity index (χ1v) is 8.00. The van der Waals surface area contributed by atoms with Gasteiger partial charge in [-0.1, -0.05) is 45.0 Å². The zero-order valence-corrected chi connectivity index (χ0v) is 13.2. The zero-order valence-electron chi connectivity index (χ0n) is 13.2. The molecule has 0 heterocycles. The fourth-order valence-corrected chi connectivity index (χ4v) is 2.88. The van der Waals surface area contributed by atoms with E-state index in [1.54, 1.807) is 0 Å². The third-order valence-electron chi connectivity index (χ3n) is 4.44. The molecule has 2 rings (SSSR count). The highest BCUT2D eigenvalue weighted by Crippen LogP contribution is 2.36. The predicted molar refractivity (Wildman–Crippen MR) is 84.6 cm³/mol. The van der Waals surface area contributed by atoms with E-state index in [0.29, 0.717) is 11.5 Å². The van der Waals surface area contributed by atoms with Crippen LogP contribution in [0.25, 0.3) is 0 Å². The highest BCUT2D eigenvalue weighted by molar-refractivity contribution is 5.26. The van der Waals surface area contributed by atoms with Gasteiger partial charge in [0.2, 0.25) is 0 Å². The van der Waals surface area contributed by atoms with Gasteiger partial charge in [-0.15, -0.1) is 0 Å². The lowest BCUT2D eigenvalue weighted by Crippen LogP contribution is -2.26. The molecule has 0 aliphatic heterocycles. The van der Waals surface area contributed by atoms with E-state index in [9.17, 15) is 0 Å². The summed E-state index contributed by atoms with van der Waals surface area (Å²) in [5, 5.41) is 3.40. The number of hydrogen-bond donors (Lipinski definition) is 1. The lowest BCUT2D eigenvalue weighted by molar-refractivity contribution is -0.00586. The van der Waals surface area contributed by atoms with Crippen molar-refractivity contribution in [1.82, 2.24) is 5.32 Å². The molecule has 1 aliphatic rings. The molecule has 0 bridgehead atoms. The normalized spacial score (nSPS) is 19.1. The fourth-order valence-electron chi connectivity index (χ4n) is 2.88. The minimum absolute atomic E-state index is 0.454. The molecule has 1 aromatic carbocycles. The summed E-state index contributed by atoms with van der Waals surface area (Å²) in [6.07, 6.45) is 5.45. The van der Waals surface area contributed by atoms with Gasteiger partial charge < -0.3 is 10.1 Å². The minimum atomic E-state index is 0.454. The molecule has 1 N–H and O–H groups in total. The maximum Gasteiger partial charge on any atom is 0.0723 e. The molecule has 20 heavy (non-hydrogen) atoms. The summed E-state index contributed by atoms with van der Waals surface area (Å²) in [7, 11) is 0. The highest BCUT2D eigenvalue weighted by Gasteiger charge is 2.27. The van der Waals surface area contributed by atoms with Crippen molar-refractivity contribution in [3.05, 3.63) is 35.4 Å². The Kier molecular flexibility index (Phi) is 5.62. The van der Waals surface area contributed by atoms with Gasteiger partial charge in [-0.05, 0) is 48.8 Å². The van der Waals surface area contributed by atoms with Gasteiger partial charge in [0.05, 0.1) is 12.7 Å². The van der Waals surface area contributed by atoms with Gasteiger partial charge in [0.1, 0.15) is 0 Å². The molecule has 112 valence electrons. The van der Waals surface area contributed by atoms with Gasteiger partial charge in [0, 0.05) is 6.54 Å². The van der Waals surface area contributed by atoms with Gasteiger partial charge in [0.15, 0.2) is 0 Å². The first kappa shape index (κ1) is 15.5. The van der Waals surface area contributed by atoms with E-state index in [4.69, 9.17) is 4.74 Å². The van der Waals surface area contributed by atoms with Crippen LogP contribution in [0, 0.1) is 5.41 Å². The van der Waals surface area contributed by atoms with Crippen LogP contribution in [0.2, 0.25) is 0 Å². The molecule has 0 atom stereocenters. The Bertz CT molecular complexity index is 404. The van der Waals surface area contributed by atoms with E-state index in [1.807, 2.05) is 0 Å². The molecule has 2 nitrogen and oxygen atoms in total. The maximum absolute atomic E-state index is 6.16. The highest BCUT2D eigenvalue weighted by atomic mass is 16.5. The number of ether oxygens (including phenoxy) is 1. The molecule has 0 radical (unpaired) electrons. The standard InChI is InChI=1S/C18H29NO/c1-4-19-13-15-7-5-6-8-16(15)14-20-17-9-11-18(2,3)12-10-17/h5-8,17,19H,4,9-14H2,1-3H3. The van der Waals surface area contributed by atoms with Crippen molar-refractivity contribution in [3.8, 4) is 0 Å². The van der Waals surface area contributed by atoms with Gasteiger partial charge in [0.25, 0.3) is 0 Å². The van der Waals surface area contributed by atoms with E-state index in [1.165, 1.54) is 36.8 Å². The average Bonchev–Trinajstić information content (AvgIpc) is 2.45. The molecule has 0 unspecified atom stereocenters. The Labute approximate surface area is 123 Å². The third kappa shape index (κ3) is 4.60. The van der Waals surface area contributed by atoms with Gasteiger partial charge >= 0.3 is 0 Å². The lowest BCUT2D eigenvalue weighted by Gasteiger charge is -2.34. The molecule has 0 amide bonds. The summed E-state index contributed by atoms with van der Waals surface area (Å²) in [5.41, 5.74) is 3.21. The molecular formula is C18H29NO. The second kappa shape index (κ2) is 7.24. The van der Waals surface area contributed by atoms with Crippen LogP contribution in [0.3, 0.4) is 0 Å². The van der Waals surface area contributed by atoms with Crippen LogP contribution < -0.4 is 5.32 Å². The van der Waals surface area contributed by atoms with Crippen LogP contribution in [0.4, 0.5) is 0 Å². The van der Waals surface area contributed by atoms with E-state index < -0.39 is 0 Å². The molecule has 0 saturated heterocycles. The summed E-state index contributed by atoms with van der Waals surface area (Å²) in [6.45, 7) is 9.58. The van der Waals surface area contributed by atoms with Crippen molar-refractivity contribution in [3.63, 3.8) is 0 Å². The Morgan fingerprint density at radius 2 is 1.80 bits per heavy atom. The number of rotatable bonds is 6. The third-order valence-corrected chi connectivity index (χ3v) is 4.44. The molecule has 0 aromatic heterocycles. The van der Waals surface area contributed by atoms with Crippen molar-refractivity contribution in [1.29, 1.82) is 0 Å². The largest absolute Gasteiger partial charge is 0.374 e. The smallest absolute Gasteiger partial charge is 0.0723 e.